The highest BCUT2D eigenvalue weighted by atomic mass is 35.5. The van der Waals surface area contributed by atoms with E-state index >= 15 is 0 Å². The van der Waals surface area contributed by atoms with Crippen molar-refractivity contribution in [3.05, 3.63) is 75.9 Å². The molecule has 0 N–H and O–H groups in total. The molecule has 0 bridgehead atoms. The molecule has 0 radical (unpaired) electrons. The molecule has 7 nitrogen and oxygen atoms in total. The van der Waals surface area contributed by atoms with Crippen LogP contribution in [0.3, 0.4) is 0 Å². The molecule has 5 aromatic rings. The summed E-state index contributed by atoms with van der Waals surface area (Å²) in [5.41, 5.74) is 1.51. The number of nitrogens with zero attached hydrogens (tertiary/aromatic N) is 5. The minimum absolute atomic E-state index is 0.195. The lowest BCUT2D eigenvalue weighted by Gasteiger charge is -2.14. The summed E-state index contributed by atoms with van der Waals surface area (Å²) in [4.78, 5) is 32.5. The van der Waals surface area contributed by atoms with E-state index in [0.717, 1.165) is 21.7 Å². The molecule has 31 heavy (non-hydrogen) atoms. The first kappa shape index (κ1) is 19.3. The minimum Gasteiger partial charge on any atom is -0.343 e. The molecule has 2 aromatic carbocycles. The maximum atomic E-state index is 13.7. The summed E-state index contributed by atoms with van der Waals surface area (Å²) >= 11 is 6.21. The zero-order valence-corrected chi connectivity index (χ0v) is 17.9. The Labute approximate surface area is 182 Å². The second kappa shape index (κ2) is 6.92. The van der Waals surface area contributed by atoms with Gasteiger partial charge in [-0.3, -0.25) is 14.6 Å². The Bertz CT molecular complexity index is 1580. The number of carbonyl (C=O) groups is 1. The number of pyridine rings is 1. The molecule has 0 atom stereocenters. The topological polar surface area (TPSA) is 73.0 Å². The van der Waals surface area contributed by atoms with Crippen LogP contribution in [-0.2, 0) is 7.05 Å². The molecule has 3 heterocycles. The number of aromatic nitrogens is 4. The number of benzene rings is 2. The third kappa shape index (κ3) is 2.81. The van der Waals surface area contributed by atoms with Gasteiger partial charge in [-0.15, -0.1) is 0 Å². The van der Waals surface area contributed by atoms with Crippen molar-refractivity contribution in [3.63, 3.8) is 0 Å². The Hall–Kier alpha value is -3.71. The molecule has 0 fully saturated rings. The summed E-state index contributed by atoms with van der Waals surface area (Å²) in [5, 5.41) is 8.06. The molecule has 0 saturated carbocycles. The van der Waals surface area contributed by atoms with Crippen LogP contribution < -0.4 is 5.56 Å². The van der Waals surface area contributed by atoms with Crippen LogP contribution in [0.1, 0.15) is 10.5 Å². The highest BCUT2D eigenvalue weighted by molar-refractivity contribution is 6.31. The number of halogens is 1. The molecular formula is C23H18ClN5O2. The van der Waals surface area contributed by atoms with Gasteiger partial charge in [0.25, 0.3) is 11.5 Å². The molecular weight excluding hydrogens is 414 g/mol. The van der Waals surface area contributed by atoms with E-state index in [1.54, 1.807) is 50.2 Å². The van der Waals surface area contributed by atoms with Crippen molar-refractivity contribution in [1.29, 1.82) is 0 Å². The fourth-order valence-corrected chi connectivity index (χ4v) is 4.16. The molecule has 0 aliphatic carbocycles. The monoisotopic (exact) mass is 431 g/mol. The summed E-state index contributed by atoms with van der Waals surface area (Å²) in [7, 11) is 5.11. The highest BCUT2D eigenvalue weighted by Gasteiger charge is 2.25. The van der Waals surface area contributed by atoms with E-state index in [0.29, 0.717) is 21.6 Å². The van der Waals surface area contributed by atoms with E-state index in [-0.39, 0.29) is 17.2 Å². The fourth-order valence-electron chi connectivity index (χ4n) is 3.99. The molecule has 1 amide bonds. The highest BCUT2D eigenvalue weighted by Crippen LogP contribution is 2.31. The van der Waals surface area contributed by atoms with Gasteiger partial charge < -0.3 is 9.47 Å². The first-order chi connectivity index (χ1) is 14.9. The second-order valence-corrected chi connectivity index (χ2v) is 8.03. The van der Waals surface area contributed by atoms with Gasteiger partial charge in [0.05, 0.1) is 17.4 Å². The SMILES string of the molecule is CN(C)C(=O)c1nn(-c2cncc3ccccc23)c(=O)c2c1c1ccc(Cl)cc1n2C. The Morgan fingerprint density at radius 2 is 1.84 bits per heavy atom. The number of carbonyl (C=O) groups excluding carboxylic acids is 1. The van der Waals surface area contributed by atoms with E-state index in [4.69, 9.17) is 11.6 Å². The normalized spacial score (nSPS) is 11.5. The number of hydrogen-bond donors (Lipinski definition) is 0. The van der Waals surface area contributed by atoms with Gasteiger partial charge in [0.2, 0.25) is 0 Å². The van der Waals surface area contributed by atoms with E-state index in [9.17, 15) is 9.59 Å². The van der Waals surface area contributed by atoms with Gasteiger partial charge in [-0.2, -0.15) is 9.78 Å². The zero-order chi connectivity index (χ0) is 21.9. The minimum atomic E-state index is -0.335. The first-order valence-corrected chi connectivity index (χ1v) is 10.0. The maximum absolute atomic E-state index is 13.7. The van der Waals surface area contributed by atoms with E-state index in [1.807, 2.05) is 30.3 Å². The summed E-state index contributed by atoms with van der Waals surface area (Å²) in [6.45, 7) is 0. The molecule has 0 saturated heterocycles. The van der Waals surface area contributed by atoms with Crippen molar-refractivity contribution in [2.24, 2.45) is 7.05 Å². The van der Waals surface area contributed by atoms with Gasteiger partial charge in [-0.05, 0) is 12.1 Å². The molecule has 0 aliphatic rings. The Morgan fingerprint density at radius 3 is 2.61 bits per heavy atom. The summed E-state index contributed by atoms with van der Waals surface area (Å²) in [6.07, 6.45) is 3.32. The van der Waals surface area contributed by atoms with Gasteiger partial charge >= 0.3 is 0 Å². The second-order valence-electron chi connectivity index (χ2n) is 7.59. The van der Waals surface area contributed by atoms with Crippen LogP contribution in [0.15, 0.2) is 59.7 Å². The van der Waals surface area contributed by atoms with Crippen molar-refractivity contribution in [2.75, 3.05) is 14.1 Å². The summed E-state index contributed by atoms with van der Waals surface area (Å²) in [6, 6.07) is 13.0. The van der Waals surface area contributed by atoms with E-state index < -0.39 is 0 Å². The standard InChI is InChI=1S/C23H18ClN5O2/c1-27(2)22(30)20-19-16-9-8-14(24)10-17(16)28(3)21(19)23(31)29(26-20)18-12-25-11-13-6-4-5-7-15(13)18/h4-12H,1-3H3. The van der Waals surface area contributed by atoms with Crippen LogP contribution in [0.5, 0.6) is 0 Å². The summed E-state index contributed by atoms with van der Waals surface area (Å²) < 4.78 is 3.04. The van der Waals surface area contributed by atoms with Crippen molar-refractivity contribution in [1.82, 2.24) is 24.2 Å². The smallest absolute Gasteiger partial charge is 0.296 e. The third-order valence-corrected chi connectivity index (χ3v) is 5.71. The van der Waals surface area contributed by atoms with Gasteiger partial charge in [0, 0.05) is 53.9 Å². The zero-order valence-electron chi connectivity index (χ0n) is 17.1. The van der Waals surface area contributed by atoms with Gasteiger partial charge in [-0.25, -0.2) is 0 Å². The van der Waals surface area contributed by atoms with Crippen molar-refractivity contribution >= 4 is 50.1 Å². The quantitative estimate of drug-likeness (QED) is 0.426. The lowest BCUT2D eigenvalue weighted by Crippen LogP contribution is -2.30. The molecule has 8 heteroatoms. The van der Waals surface area contributed by atoms with Gasteiger partial charge in [-0.1, -0.05) is 41.9 Å². The van der Waals surface area contributed by atoms with Crippen LogP contribution in [0, 0.1) is 0 Å². The van der Waals surface area contributed by atoms with Crippen LogP contribution in [-0.4, -0.2) is 44.2 Å². The summed E-state index contributed by atoms with van der Waals surface area (Å²) in [5.74, 6) is -0.297. The average Bonchev–Trinajstić information content (AvgIpc) is 3.06. The van der Waals surface area contributed by atoms with Gasteiger partial charge in [0.15, 0.2) is 5.69 Å². The van der Waals surface area contributed by atoms with Gasteiger partial charge in [0.1, 0.15) is 5.52 Å². The fraction of sp³-hybridized carbons (Fsp3) is 0.130. The predicted molar refractivity (Wildman–Crippen MR) is 122 cm³/mol. The maximum Gasteiger partial charge on any atom is 0.296 e. The third-order valence-electron chi connectivity index (χ3n) is 5.48. The first-order valence-electron chi connectivity index (χ1n) is 9.64. The largest absolute Gasteiger partial charge is 0.343 e. The average molecular weight is 432 g/mol. The molecule has 0 spiro atoms. The Morgan fingerprint density at radius 1 is 1.06 bits per heavy atom. The van der Waals surface area contributed by atoms with E-state index in [1.165, 1.54) is 9.58 Å². The Balaban J connectivity index is 1.99. The lowest BCUT2D eigenvalue weighted by molar-refractivity contribution is 0.0822. The molecule has 154 valence electrons. The molecule has 3 aromatic heterocycles. The lowest BCUT2D eigenvalue weighted by atomic mass is 10.1. The Kier molecular flexibility index (Phi) is 4.30. The van der Waals surface area contributed by atoms with Crippen molar-refractivity contribution in [2.45, 2.75) is 0 Å². The molecule has 0 aliphatic heterocycles. The number of fused-ring (bicyclic) bond motifs is 4. The van der Waals surface area contributed by atoms with E-state index in [2.05, 4.69) is 10.1 Å². The van der Waals surface area contributed by atoms with Crippen LogP contribution in [0.4, 0.5) is 0 Å². The van der Waals surface area contributed by atoms with Crippen molar-refractivity contribution < 1.29 is 4.79 Å². The number of hydrogen-bond acceptors (Lipinski definition) is 4. The van der Waals surface area contributed by atoms with Crippen molar-refractivity contribution in [3.8, 4) is 5.69 Å². The molecule has 0 unspecified atom stereocenters. The number of aryl methyl sites for hydroxylation is 1. The number of amides is 1. The van der Waals surface area contributed by atoms with Crippen LogP contribution >= 0.6 is 11.6 Å². The molecule has 5 rings (SSSR count). The van der Waals surface area contributed by atoms with Crippen LogP contribution in [0.2, 0.25) is 5.02 Å². The van der Waals surface area contributed by atoms with Crippen LogP contribution in [0.25, 0.3) is 38.3 Å². The predicted octanol–water partition coefficient (Wildman–Crippen LogP) is 3.78. The number of rotatable bonds is 2.